The molecular weight excluding hydrogens is 340 g/mol. The summed E-state index contributed by atoms with van der Waals surface area (Å²) in [6.45, 7) is 0. The standard InChI is InChI=1S/C17H10ClF2NO3/c1-24-11-5-2-9(3-6-11)14-15(18)17(23)21(16(14)22)13-8-10(19)4-7-12(13)20/h2-8H,1H3. The molecule has 0 N–H and O–H groups in total. The largest absolute Gasteiger partial charge is 0.497 e. The Labute approximate surface area is 140 Å². The molecule has 0 fully saturated rings. The number of ether oxygens (including phenoxy) is 1. The molecule has 0 spiro atoms. The summed E-state index contributed by atoms with van der Waals surface area (Å²) >= 11 is 5.99. The number of amides is 2. The van der Waals surface area contributed by atoms with Crippen molar-refractivity contribution in [2.45, 2.75) is 0 Å². The predicted molar refractivity (Wildman–Crippen MR) is 84.6 cm³/mol. The van der Waals surface area contributed by atoms with Crippen LogP contribution in [0.5, 0.6) is 5.75 Å². The van der Waals surface area contributed by atoms with Crippen molar-refractivity contribution in [3.8, 4) is 5.75 Å². The number of anilines is 1. The highest BCUT2D eigenvalue weighted by atomic mass is 35.5. The molecule has 24 heavy (non-hydrogen) atoms. The van der Waals surface area contributed by atoms with Gasteiger partial charge in [-0.1, -0.05) is 23.7 Å². The van der Waals surface area contributed by atoms with Crippen molar-refractivity contribution in [2.24, 2.45) is 0 Å². The van der Waals surface area contributed by atoms with E-state index in [4.69, 9.17) is 16.3 Å². The second-order valence-electron chi connectivity index (χ2n) is 4.96. The predicted octanol–water partition coefficient (Wildman–Crippen LogP) is 3.50. The highest BCUT2D eigenvalue weighted by Gasteiger charge is 2.40. The highest BCUT2D eigenvalue weighted by Crippen LogP contribution is 2.36. The molecule has 1 aliphatic heterocycles. The van der Waals surface area contributed by atoms with Gasteiger partial charge in [-0.3, -0.25) is 9.59 Å². The lowest BCUT2D eigenvalue weighted by Crippen LogP contribution is -2.32. The number of carbonyl (C=O) groups excluding carboxylic acids is 2. The normalized spacial score (nSPS) is 14.6. The first-order valence-electron chi connectivity index (χ1n) is 6.82. The van der Waals surface area contributed by atoms with Gasteiger partial charge in [-0.2, -0.15) is 0 Å². The lowest BCUT2D eigenvalue weighted by Gasteiger charge is -2.15. The topological polar surface area (TPSA) is 46.6 Å². The number of halogens is 3. The fourth-order valence-corrected chi connectivity index (χ4v) is 2.66. The van der Waals surface area contributed by atoms with Crippen LogP contribution in [0, 0.1) is 11.6 Å². The van der Waals surface area contributed by atoms with E-state index in [0.29, 0.717) is 16.2 Å². The maximum Gasteiger partial charge on any atom is 0.277 e. The Morgan fingerprint density at radius 1 is 1.00 bits per heavy atom. The third-order valence-electron chi connectivity index (χ3n) is 3.56. The molecule has 0 atom stereocenters. The molecule has 0 saturated heterocycles. The second kappa shape index (κ2) is 6.05. The molecule has 0 aliphatic carbocycles. The summed E-state index contributed by atoms with van der Waals surface area (Å²) in [6.07, 6.45) is 0. The fourth-order valence-electron chi connectivity index (χ4n) is 2.39. The van der Waals surface area contributed by atoms with Crippen molar-refractivity contribution in [3.05, 3.63) is 64.7 Å². The van der Waals surface area contributed by atoms with Crippen LogP contribution >= 0.6 is 11.6 Å². The van der Waals surface area contributed by atoms with Gasteiger partial charge in [0.25, 0.3) is 11.8 Å². The number of nitrogens with zero attached hydrogens (tertiary/aromatic N) is 1. The van der Waals surface area contributed by atoms with Crippen LogP contribution in [0.3, 0.4) is 0 Å². The van der Waals surface area contributed by atoms with Crippen LogP contribution < -0.4 is 9.64 Å². The van der Waals surface area contributed by atoms with Crippen molar-refractivity contribution in [3.63, 3.8) is 0 Å². The Morgan fingerprint density at radius 2 is 1.67 bits per heavy atom. The molecule has 7 heteroatoms. The van der Waals surface area contributed by atoms with Gasteiger partial charge in [0, 0.05) is 6.07 Å². The van der Waals surface area contributed by atoms with Gasteiger partial charge in [0.15, 0.2) is 0 Å². The summed E-state index contributed by atoms with van der Waals surface area (Å²) in [5.74, 6) is -2.85. The molecule has 0 aromatic heterocycles. The van der Waals surface area contributed by atoms with E-state index in [1.807, 2.05) is 0 Å². The van der Waals surface area contributed by atoms with E-state index >= 15 is 0 Å². The van der Waals surface area contributed by atoms with Crippen molar-refractivity contribution >= 4 is 34.7 Å². The quantitative estimate of drug-likeness (QED) is 0.797. The molecule has 3 rings (SSSR count). The molecule has 0 bridgehead atoms. The zero-order valence-corrected chi connectivity index (χ0v) is 13.1. The highest BCUT2D eigenvalue weighted by molar-refractivity contribution is 6.60. The van der Waals surface area contributed by atoms with Gasteiger partial charge in [-0.15, -0.1) is 0 Å². The molecule has 0 unspecified atom stereocenters. The molecule has 2 aromatic rings. The summed E-state index contributed by atoms with van der Waals surface area (Å²) in [4.78, 5) is 25.4. The van der Waals surface area contributed by atoms with Crippen LogP contribution in [0.2, 0.25) is 0 Å². The average Bonchev–Trinajstić information content (AvgIpc) is 2.80. The summed E-state index contributed by atoms with van der Waals surface area (Å²) in [5.41, 5.74) is -0.182. The van der Waals surface area contributed by atoms with Gasteiger partial charge in [0.2, 0.25) is 0 Å². The van der Waals surface area contributed by atoms with Gasteiger partial charge in [-0.25, -0.2) is 13.7 Å². The number of benzene rings is 2. The minimum Gasteiger partial charge on any atom is -0.497 e. The third-order valence-corrected chi connectivity index (χ3v) is 3.91. The Hall–Kier alpha value is -2.73. The van der Waals surface area contributed by atoms with E-state index in [1.165, 1.54) is 7.11 Å². The zero-order chi connectivity index (χ0) is 17.4. The first-order chi connectivity index (χ1) is 11.4. The van der Waals surface area contributed by atoms with E-state index in [-0.39, 0.29) is 10.6 Å². The zero-order valence-electron chi connectivity index (χ0n) is 12.3. The number of rotatable bonds is 3. The molecule has 2 amide bonds. The van der Waals surface area contributed by atoms with Crippen LogP contribution in [0.1, 0.15) is 5.56 Å². The van der Waals surface area contributed by atoms with Gasteiger partial charge in [0.1, 0.15) is 22.4 Å². The summed E-state index contributed by atoms with van der Waals surface area (Å²) in [6, 6.07) is 8.78. The van der Waals surface area contributed by atoms with Crippen molar-refractivity contribution in [1.82, 2.24) is 0 Å². The molecule has 4 nitrogen and oxygen atoms in total. The van der Waals surface area contributed by atoms with Crippen LogP contribution in [0.15, 0.2) is 47.5 Å². The van der Waals surface area contributed by atoms with Gasteiger partial charge < -0.3 is 4.74 Å². The first-order valence-corrected chi connectivity index (χ1v) is 7.20. The number of imide groups is 1. The molecule has 0 radical (unpaired) electrons. The fraction of sp³-hybridized carbons (Fsp3) is 0.0588. The molecule has 1 aliphatic rings. The smallest absolute Gasteiger partial charge is 0.277 e. The summed E-state index contributed by atoms with van der Waals surface area (Å²) in [7, 11) is 1.49. The van der Waals surface area contributed by atoms with Crippen LogP contribution in [-0.4, -0.2) is 18.9 Å². The summed E-state index contributed by atoms with van der Waals surface area (Å²) < 4.78 is 32.3. The minimum absolute atomic E-state index is 0.0759. The lowest BCUT2D eigenvalue weighted by atomic mass is 10.1. The Balaban J connectivity index is 2.05. The van der Waals surface area contributed by atoms with E-state index in [9.17, 15) is 18.4 Å². The van der Waals surface area contributed by atoms with Gasteiger partial charge in [-0.05, 0) is 29.8 Å². The third kappa shape index (κ3) is 2.55. The van der Waals surface area contributed by atoms with Crippen LogP contribution in [0.4, 0.5) is 14.5 Å². The van der Waals surface area contributed by atoms with Crippen LogP contribution in [0.25, 0.3) is 5.57 Å². The Bertz CT molecular complexity index is 878. The maximum absolute atomic E-state index is 13.9. The van der Waals surface area contributed by atoms with Crippen molar-refractivity contribution < 1.29 is 23.1 Å². The van der Waals surface area contributed by atoms with E-state index in [1.54, 1.807) is 24.3 Å². The first kappa shape index (κ1) is 16.1. The molecule has 2 aromatic carbocycles. The average molecular weight is 350 g/mol. The molecule has 1 heterocycles. The number of methoxy groups -OCH3 is 1. The summed E-state index contributed by atoms with van der Waals surface area (Å²) in [5, 5.41) is -0.353. The lowest BCUT2D eigenvalue weighted by molar-refractivity contribution is -0.119. The minimum atomic E-state index is -0.906. The molecule has 0 saturated carbocycles. The van der Waals surface area contributed by atoms with E-state index in [2.05, 4.69) is 0 Å². The monoisotopic (exact) mass is 349 g/mol. The second-order valence-corrected chi connectivity index (χ2v) is 5.34. The molecular formula is C17H10ClF2NO3. The van der Waals surface area contributed by atoms with Crippen molar-refractivity contribution in [1.29, 1.82) is 0 Å². The van der Waals surface area contributed by atoms with Gasteiger partial charge >= 0.3 is 0 Å². The number of hydrogen-bond acceptors (Lipinski definition) is 3. The van der Waals surface area contributed by atoms with Crippen molar-refractivity contribution in [2.75, 3.05) is 12.0 Å². The number of hydrogen-bond donors (Lipinski definition) is 0. The molecule has 122 valence electrons. The Kier molecular flexibility index (Phi) is 4.07. The van der Waals surface area contributed by atoms with E-state index in [0.717, 1.165) is 18.2 Å². The van der Waals surface area contributed by atoms with Gasteiger partial charge in [0.05, 0.1) is 18.4 Å². The Morgan fingerprint density at radius 3 is 2.29 bits per heavy atom. The maximum atomic E-state index is 13.9. The van der Waals surface area contributed by atoms with E-state index < -0.39 is 29.1 Å². The SMILES string of the molecule is COc1ccc(C2=C(Cl)C(=O)N(c3cc(F)ccc3F)C2=O)cc1. The number of carbonyl (C=O) groups is 2. The van der Waals surface area contributed by atoms with Crippen LogP contribution in [-0.2, 0) is 9.59 Å².